The Balaban J connectivity index is 1.43. The molecule has 192 valence electrons. The van der Waals surface area contributed by atoms with Crippen LogP contribution in [0.4, 0.5) is 11.4 Å². The van der Waals surface area contributed by atoms with E-state index < -0.39 is 15.9 Å². The third-order valence-electron chi connectivity index (χ3n) is 6.58. The van der Waals surface area contributed by atoms with Crippen molar-refractivity contribution in [2.24, 2.45) is 0 Å². The van der Waals surface area contributed by atoms with E-state index >= 15 is 0 Å². The van der Waals surface area contributed by atoms with E-state index in [0.29, 0.717) is 33.9 Å². The van der Waals surface area contributed by atoms with Crippen molar-refractivity contribution in [3.05, 3.63) is 124 Å². The second-order valence-electron chi connectivity index (χ2n) is 9.35. The quantitative estimate of drug-likeness (QED) is 0.290. The molecule has 0 saturated carbocycles. The zero-order valence-corrected chi connectivity index (χ0v) is 22.4. The SMILES string of the molecule is Cc1ccc(S(=O)(=O)N2c3ccc(C(=O)Nc4ccc(Cl)cc4C(=O)c4ccccc4)cc3C[C@@H]2C)cc1. The highest BCUT2D eigenvalue weighted by molar-refractivity contribution is 7.92. The molecule has 8 heteroatoms. The van der Waals surface area contributed by atoms with E-state index in [1.165, 1.54) is 10.4 Å². The van der Waals surface area contributed by atoms with Gasteiger partial charge in [0.15, 0.2) is 5.78 Å². The van der Waals surface area contributed by atoms with Crippen LogP contribution in [0.25, 0.3) is 0 Å². The van der Waals surface area contributed by atoms with Crippen molar-refractivity contribution in [1.29, 1.82) is 0 Å². The molecule has 0 radical (unpaired) electrons. The van der Waals surface area contributed by atoms with Crippen molar-refractivity contribution in [2.45, 2.75) is 31.2 Å². The summed E-state index contributed by atoms with van der Waals surface area (Å²) in [6.07, 6.45) is 0.472. The van der Waals surface area contributed by atoms with Gasteiger partial charge in [-0.25, -0.2) is 8.42 Å². The van der Waals surface area contributed by atoms with E-state index in [2.05, 4.69) is 5.32 Å². The summed E-state index contributed by atoms with van der Waals surface area (Å²) in [6.45, 7) is 3.75. The molecular formula is C30H25ClN2O4S. The van der Waals surface area contributed by atoms with Crippen molar-refractivity contribution in [3.63, 3.8) is 0 Å². The minimum absolute atomic E-state index is 0.225. The average molecular weight is 545 g/mol. The lowest BCUT2D eigenvalue weighted by atomic mass is 10.0. The second-order valence-corrected chi connectivity index (χ2v) is 11.6. The normalized spacial score (nSPS) is 14.7. The topological polar surface area (TPSA) is 83.6 Å². The fourth-order valence-electron chi connectivity index (χ4n) is 4.69. The molecule has 1 heterocycles. The molecule has 1 N–H and O–H groups in total. The Labute approximate surface area is 226 Å². The molecule has 0 spiro atoms. The Kier molecular flexibility index (Phi) is 6.82. The van der Waals surface area contributed by atoms with E-state index in [1.807, 2.05) is 19.9 Å². The van der Waals surface area contributed by atoms with Gasteiger partial charge in [-0.2, -0.15) is 0 Å². The smallest absolute Gasteiger partial charge is 0.264 e. The summed E-state index contributed by atoms with van der Waals surface area (Å²) >= 11 is 6.16. The monoisotopic (exact) mass is 544 g/mol. The Morgan fingerprint density at radius 3 is 2.32 bits per heavy atom. The van der Waals surface area contributed by atoms with Crippen LogP contribution in [0.2, 0.25) is 5.02 Å². The molecule has 6 nitrogen and oxygen atoms in total. The number of aryl methyl sites for hydroxylation is 1. The standard InChI is InChI=1S/C30H25ClN2O4S/c1-19-8-12-25(13-9-19)38(36,37)33-20(2)16-23-17-22(10-15-28(23)33)30(35)32-27-14-11-24(31)18-26(27)29(34)21-6-4-3-5-7-21/h3-15,17-18,20H,16H2,1-2H3,(H,32,35)/t20-/m0/s1. The highest BCUT2D eigenvalue weighted by Gasteiger charge is 2.36. The van der Waals surface area contributed by atoms with Gasteiger partial charge in [0.2, 0.25) is 0 Å². The van der Waals surface area contributed by atoms with Gasteiger partial charge in [-0.3, -0.25) is 13.9 Å². The van der Waals surface area contributed by atoms with E-state index in [9.17, 15) is 18.0 Å². The van der Waals surface area contributed by atoms with Crippen molar-refractivity contribution in [3.8, 4) is 0 Å². The van der Waals surface area contributed by atoms with Gasteiger partial charge < -0.3 is 5.32 Å². The van der Waals surface area contributed by atoms with E-state index in [-0.39, 0.29) is 22.3 Å². The second kappa shape index (κ2) is 10.1. The van der Waals surface area contributed by atoms with Gasteiger partial charge in [0.1, 0.15) is 0 Å². The van der Waals surface area contributed by atoms with Crippen molar-refractivity contribution in [1.82, 2.24) is 0 Å². The number of sulfonamides is 1. The molecule has 0 aromatic heterocycles. The first kappa shape index (κ1) is 25.7. The summed E-state index contributed by atoms with van der Waals surface area (Å²) < 4.78 is 28.3. The molecule has 0 unspecified atom stereocenters. The third kappa shape index (κ3) is 4.83. The Morgan fingerprint density at radius 1 is 0.895 bits per heavy atom. The predicted octanol–water partition coefficient (Wildman–Crippen LogP) is 6.27. The van der Waals surface area contributed by atoms with Crippen LogP contribution in [0.1, 0.15) is 44.3 Å². The zero-order chi connectivity index (χ0) is 27.0. The summed E-state index contributed by atoms with van der Waals surface area (Å²) in [5, 5.41) is 3.21. The van der Waals surface area contributed by atoms with E-state index in [4.69, 9.17) is 11.6 Å². The maximum atomic E-state index is 13.4. The molecule has 0 aliphatic carbocycles. The maximum Gasteiger partial charge on any atom is 0.264 e. The minimum Gasteiger partial charge on any atom is -0.321 e. The molecule has 4 aromatic carbocycles. The van der Waals surface area contributed by atoms with Gasteiger partial charge in [-0.15, -0.1) is 0 Å². The summed E-state index contributed by atoms with van der Waals surface area (Å²) in [6, 6.07) is 24.9. The van der Waals surface area contributed by atoms with Crippen molar-refractivity contribution in [2.75, 3.05) is 9.62 Å². The number of carbonyl (C=O) groups is 2. The molecule has 0 fully saturated rings. The number of fused-ring (bicyclic) bond motifs is 1. The van der Waals surface area contributed by atoms with Gasteiger partial charge in [-0.05, 0) is 74.4 Å². The van der Waals surface area contributed by atoms with Gasteiger partial charge in [-0.1, -0.05) is 59.6 Å². The summed E-state index contributed by atoms with van der Waals surface area (Å²) in [5.41, 5.74) is 3.75. The lowest BCUT2D eigenvalue weighted by molar-refractivity contribution is 0.102. The van der Waals surface area contributed by atoms with Crippen LogP contribution in [0.15, 0.2) is 95.9 Å². The van der Waals surface area contributed by atoms with Crippen LogP contribution >= 0.6 is 11.6 Å². The number of anilines is 2. The van der Waals surface area contributed by atoms with Crippen LogP contribution in [0.5, 0.6) is 0 Å². The van der Waals surface area contributed by atoms with Crippen LogP contribution < -0.4 is 9.62 Å². The molecular weight excluding hydrogens is 520 g/mol. The highest BCUT2D eigenvalue weighted by Crippen LogP contribution is 2.37. The van der Waals surface area contributed by atoms with Gasteiger partial charge in [0.25, 0.3) is 15.9 Å². The highest BCUT2D eigenvalue weighted by atomic mass is 35.5. The first-order valence-corrected chi connectivity index (χ1v) is 13.9. The molecule has 0 bridgehead atoms. The van der Waals surface area contributed by atoms with Crippen LogP contribution in [0.3, 0.4) is 0 Å². The first-order chi connectivity index (χ1) is 18.1. The number of benzene rings is 4. The van der Waals surface area contributed by atoms with Gasteiger partial charge >= 0.3 is 0 Å². The number of carbonyl (C=O) groups excluding carboxylic acids is 2. The molecule has 1 amide bonds. The van der Waals surface area contributed by atoms with Crippen LogP contribution in [0, 0.1) is 6.92 Å². The summed E-state index contributed by atoms with van der Waals surface area (Å²) in [5.74, 6) is -0.673. The number of amides is 1. The molecule has 38 heavy (non-hydrogen) atoms. The number of hydrogen-bond acceptors (Lipinski definition) is 4. The number of ketones is 1. The first-order valence-electron chi connectivity index (χ1n) is 12.1. The van der Waals surface area contributed by atoms with Crippen LogP contribution in [-0.4, -0.2) is 26.2 Å². The number of nitrogens with zero attached hydrogens (tertiary/aromatic N) is 1. The van der Waals surface area contributed by atoms with Crippen molar-refractivity contribution >= 4 is 44.7 Å². The lowest BCUT2D eigenvalue weighted by Gasteiger charge is -2.24. The summed E-state index contributed by atoms with van der Waals surface area (Å²) in [4.78, 5) is 26.6. The molecule has 1 aliphatic heterocycles. The zero-order valence-electron chi connectivity index (χ0n) is 20.8. The van der Waals surface area contributed by atoms with E-state index in [1.54, 1.807) is 78.9 Å². The third-order valence-corrected chi connectivity index (χ3v) is 8.76. The van der Waals surface area contributed by atoms with Gasteiger partial charge in [0.05, 0.1) is 16.3 Å². The molecule has 0 saturated heterocycles. The minimum atomic E-state index is -3.76. The predicted molar refractivity (Wildman–Crippen MR) is 150 cm³/mol. The number of rotatable bonds is 6. The van der Waals surface area contributed by atoms with Crippen molar-refractivity contribution < 1.29 is 18.0 Å². The number of nitrogens with one attached hydrogen (secondary N) is 1. The molecule has 4 aromatic rings. The van der Waals surface area contributed by atoms with Gasteiger partial charge in [0, 0.05) is 27.8 Å². The Hall–Kier alpha value is -3.94. The lowest BCUT2D eigenvalue weighted by Crippen LogP contribution is -2.35. The Morgan fingerprint density at radius 2 is 1.61 bits per heavy atom. The molecule has 1 atom stereocenters. The maximum absolute atomic E-state index is 13.4. The number of hydrogen-bond donors (Lipinski definition) is 1. The summed E-state index contributed by atoms with van der Waals surface area (Å²) in [7, 11) is -3.76. The largest absolute Gasteiger partial charge is 0.321 e. The Bertz CT molecular complexity index is 1650. The number of halogens is 1. The van der Waals surface area contributed by atoms with Crippen LogP contribution in [-0.2, 0) is 16.4 Å². The van der Waals surface area contributed by atoms with E-state index in [0.717, 1.165) is 11.1 Å². The average Bonchev–Trinajstić information content (AvgIpc) is 3.25. The fraction of sp³-hybridized carbons (Fsp3) is 0.133. The molecule has 5 rings (SSSR count). The fourth-order valence-corrected chi connectivity index (χ4v) is 6.55. The molecule has 1 aliphatic rings.